The molecule has 1 aromatic carbocycles. The van der Waals surface area contributed by atoms with Gasteiger partial charge in [-0.25, -0.2) is 4.79 Å². The number of piperidine rings is 3. The molecule has 2 N–H and O–H groups in total. The van der Waals surface area contributed by atoms with E-state index >= 15 is 0 Å². The summed E-state index contributed by atoms with van der Waals surface area (Å²) in [5.74, 6) is -0.145. The van der Waals surface area contributed by atoms with E-state index in [9.17, 15) is 9.90 Å². The zero-order valence-corrected chi connectivity index (χ0v) is 15.0. The number of fused-ring (bicyclic) bond motifs is 4. The van der Waals surface area contributed by atoms with Gasteiger partial charge in [-0.1, -0.05) is 6.07 Å². The molecule has 2 aromatic rings. The third kappa shape index (κ3) is 3.37. The fourth-order valence-electron chi connectivity index (χ4n) is 4.28. The topological polar surface area (TPSA) is 70.4 Å². The van der Waals surface area contributed by atoms with E-state index in [1.54, 1.807) is 12.1 Å². The first-order valence-electron chi connectivity index (χ1n) is 8.84. The van der Waals surface area contributed by atoms with E-state index in [0.717, 1.165) is 35.6 Å². The predicted octanol–water partition coefficient (Wildman–Crippen LogP) is -0.945. The Kier molecular flexibility index (Phi) is 5.55. The fourth-order valence-corrected chi connectivity index (χ4v) is 4.28. The number of hydrogen-bond acceptors (Lipinski definition) is 4. The van der Waals surface area contributed by atoms with Crippen LogP contribution in [0.2, 0.25) is 0 Å². The van der Waals surface area contributed by atoms with Crippen LogP contribution in [-0.2, 0) is 13.1 Å². The van der Waals surface area contributed by atoms with Crippen LogP contribution >= 0.6 is 0 Å². The van der Waals surface area contributed by atoms with Crippen molar-refractivity contribution >= 4 is 16.9 Å². The van der Waals surface area contributed by atoms with Gasteiger partial charge in [0.15, 0.2) is 0 Å². The molecule has 0 amide bonds. The monoisotopic (exact) mass is 336 g/mol. The van der Waals surface area contributed by atoms with Crippen LogP contribution in [0.25, 0.3) is 10.9 Å². The third-order valence-corrected chi connectivity index (χ3v) is 5.57. The first-order valence-corrected chi connectivity index (χ1v) is 8.84. The van der Waals surface area contributed by atoms with Crippen molar-refractivity contribution in [2.24, 2.45) is 5.92 Å². The van der Waals surface area contributed by atoms with Crippen LogP contribution in [0.5, 0.6) is 0 Å². The SMILES string of the molecule is CCn1nc(CNC2CN3CCC2CC3)c2c(C(=O)O)cccc21.[H-].[Li+]. The van der Waals surface area contributed by atoms with E-state index in [4.69, 9.17) is 0 Å². The summed E-state index contributed by atoms with van der Waals surface area (Å²) in [7, 11) is 0. The van der Waals surface area contributed by atoms with Gasteiger partial charge >= 0.3 is 24.8 Å². The Labute approximate surface area is 161 Å². The van der Waals surface area contributed by atoms with Gasteiger partial charge in [0.25, 0.3) is 0 Å². The Morgan fingerprint density at radius 3 is 2.76 bits per heavy atom. The van der Waals surface area contributed by atoms with Gasteiger partial charge in [-0.15, -0.1) is 0 Å². The molecule has 0 radical (unpaired) electrons. The summed E-state index contributed by atoms with van der Waals surface area (Å²) in [5.41, 5.74) is 2.10. The second kappa shape index (κ2) is 7.51. The number of hydrogen-bond donors (Lipinski definition) is 2. The number of benzene rings is 1. The standard InChI is InChI=1S/C18H24N4O2.Li.H/c1-2-22-16-5-3-4-13(18(23)24)17(16)14(20-22)10-19-15-11-21-8-6-12(15)7-9-21;;/h3-5,12,15,19H,2,6-11H2,1H3,(H,23,24);;/q;+1;-1. The van der Waals surface area contributed by atoms with Gasteiger partial charge in [0.1, 0.15) is 0 Å². The predicted molar refractivity (Wildman–Crippen MR) is 93.3 cm³/mol. The van der Waals surface area contributed by atoms with Crippen LogP contribution in [0.4, 0.5) is 0 Å². The minimum Gasteiger partial charge on any atom is -1.00 e. The van der Waals surface area contributed by atoms with E-state index in [-0.39, 0.29) is 20.3 Å². The van der Waals surface area contributed by atoms with Crippen molar-refractivity contribution in [3.63, 3.8) is 0 Å². The number of aromatic carboxylic acids is 1. The largest absolute Gasteiger partial charge is 1.00 e. The number of nitrogens with zero attached hydrogens (tertiary/aromatic N) is 3. The Morgan fingerprint density at radius 2 is 2.16 bits per heavy atom. The minimum atomic E-state index is -0.889. The number of nitrogens with one attached hydrogen (secondary N) is 1. The molecule has 1 atom stereocenters. The van der Waals surface area contributed by atoms with Crippen LogP contribution in [-0.4, -0.2) is 51.4 Å². The summed E-state index contributed by atoms with van der Waals surface area (Å²) in [6.07, 6.45) is 2.53. The summed E-state index contributed by atoms with van der Waals surface area (Å²) in [5, 5.41) is 18.6. The number of rotatable bonds is 5. The summed E-state index contributed by atoms with van der Waals surface area (Å²) in [4.78, 5) is 14.1. The molecular weight excluding hydrogens is 311 g/mol. The van der Waals surface area contributed by atoms with E-state index < -0.39 is 5.97 Å². The van der Waals surface area contributed by atoms with E-state index in [2.05, 4.69) is 15.3 Å². The zero-order chi connectivity index (χ0) is 16.7. The van der Waals surface area contributed by atoms with Crippen molar-refractivity contribution in [3.8, 4) is 0 Å². The van der Waals surface area contributed by atoms with Crippen molar-refractivity contribution in [3.05, 3.63) is 29.5 Å². The summed E-state index contributed by atoms with van der Waals surface area (Å²) >= 11 is 0. The number of carbonyl (C=O) groups is 1. The van der Waals surface area contributed by atoms with Gasteiger partial charge in [-0.3, -0.25) is 4.68 Å². The van der Waals surface area contributed by atoms with Crippen molar-refractivity contribution in [1.29, 1.82) is 0 Å². The van der Waals surface area contributed by atoms with E-state index in [1.165, 1.54) is 25.9 Å². The van der Waals surface area contributed by atoms with Gasteiger partial charge in [0.2, 0.25) is 0 Å². The molecule has 3 aliphatic heterocycles. The van der Waals surface area contributed by atoms with Crippen molar-refractivity contribution in [2.45, 2.75) is 38.9 Å². The molecular formula is C18H25LiN4O2. The first kappa shape index (κ1) is 18.5. The first-order chi connectivity index (χ1) is 11.7. The molecule has 25 heavy (non-hydrogen) atoms. The molecule has 3 aliphatic rings. The molecule has 6 nitrogen and oxygen atoms in total. The zero-order valence-electron chi connectivity index (χ0n) is 16.0. The minimum absolute atomic E-state index is 0. The molecule has 130 valence electrons. The van der Waals surface area contributed by atoms with Crippen molar-refractivity contribution < 1.29 is 30.2 Å². The van der Waals surface area contributed by atoms with Gasteiger partial charge in [0, 0.05) is 31.1 Å². The van der Waals surface area contributed by atoms with Gasteiger partial charge < -0.3 is 16.7 Å². The van der Waals surface area contributed by atoms with Crippen LogP contribution < -0.4 is 24.2 Å². The Morgan fingerprint density at radius 1 is 1.40 bits per heavy atom. The molecule has 1 aromatic heterocycles. The molecule has 0 aliphatic carbocycles. The maximum atomic E-state index is 11.6. The van der Waals surface area contributed by atoms with Crippen molar-refractivity contribution in [1.82, 2.24) is 20.0 Å². The molecule has 2 bridgehead atoms. The Bertz CT molecular complexity index is 774. The fraction of sp³-hybridized carbons (Fsp3) is 0.556. The summed E-state index contributed by atoms with van der Waals surface area (Å²) in [6.45, 7) is 6.94. The maximum absolute atomic E-state index is 11.6. The van der Waals surface area contributed by atoms with Crippen LogP contribution in [0.3, 0.4) is 0 Å². The number of aromatic nitrogens is 2. The van der Waals surface area contributed by atoms with E-state index in [0.29, 0.717) is 18.2 Å². The molecule has 0 saturated carbocycles. The third-order valence-electron chi connectivity index (χ3n) is 5.57. The molecule has 7 heteroatoms. The molecule has 4 heterocycles. The average Bonchev–Trinajstić information content (AvgIpc) is 2.99. The molecule has 5 rings (SSSR count). The second-order valence-corrected chi connectivity index (χ2v) is 6.89. The van der Waals surface area contributed by atoms with Crippen LogP contribution in [0.15, 0.2) is 18.2 Å². The van der Waals surface area contributed by atoms with E-state index in [1.807, 2.05) is 17.7 Å². The summed E-state index contributed by atoms with van der Waals surface area (Å²) < 4.78 is 1.90. The summed E-state index contributed by atoms with van der Waals surface area (Å²) in [6, 6.07) is 5.91. The Hall–Kier alpha value is -1.32. The average molecular weight is 336 g/mol. The number of aryl methyl sites for hydroxylation is 1. The van der Waals surface area contributed by atoms with Crippen LogP contribution in [0.1, 0.15) is 37.2 Å². The number of carboxylic acids is 1. The van der Waals surface area contributed by atoms with Crippen molar-refractivity contribution in [2.75, 3.05) is 19.6 Å². The van der Waals surface area contributed by atoms with Gasteiger partial charge in [0.05, 0.1) is 16.8 Å². The quantitative estimate of drug-likeness (QED) is 0.690. The number of carboxylic acid groups (broad SMARTS) is 1. The molecule has 3 saturated heterocycles. The molecule has 0 spiro atoms. The smallest absolute Gasteiger partial charge is 1.00 e. The normalized spacial score (nSPS) is 25.1. The second-order valence-electron chi connectivity index (χ2n) is 6.89. The molecule has 3 fully saturated rings. The molecule has 1 unspecified atom stereocenters. The van der Waals surface area contributed by atoms with Gasteiger partial charge in [-0.2, -0.15) is 5.10 Å². The van der Waals surface area contributed by atoms with Gasteiger partial charge in [-0.05, 0) is 50.9 Å². The Balaban J connectivity index is 0.00000121. The maximum Gasteiger partial charge on any atom is 1.00 e. The van der Waals surface area contributed by atoms with Crippen LogP contribution in [0, 0.1) is 5.92 Å².